The van der Waals surface area contributed by atoms with E-state index in [1.165, 1.54) is 0 Å². The summed E-state index contributed by atoms with van der Waals surface area (Å²) in [5, 5.41) is 15.8. The van der Waals surface area contributed by atoms with E-state index in [4.69, 9.17) is 9.47 Å². The Labute approximate surface area is 140 Å². The first kappa shape index (κ1) is 16.1. The molecule has 1 atom stereocenters. The molecule has 0 aliphatic carbocycles. The van der Waals surface area contributed by atoms with Gasteiger partial charge in [-0.15, -0.1) is 0 Å². The highest BCUT2D eigenvalue weighted by atomic mass is 16.7. The lowest BCUT2D eigenvalue weighted by molar-refractivity contribution is 0.165. The van der Waals surface area contributed by atoms with Gasteiger partial charge in [0, 0.05) is 12.2 Å². The maximum absolute atomic E-state index is 11.9. The number of hydrogen-bond donors (Lipinski definition) is 3. The van der Waals surface area contributed by atoms with Crippen LogP contribution in [0.5, 0.6) is 11.5 Å². The van der Waals surface area contributed by atoms with Crippen LogP contribution in [0.2, 0.25) is 0 Å². The van der Waals surface area contributed by atoms with Gasteiger partial charge in [-0.25, -0.2) is 4.79 Å². The second-order valence-corrected chi connectivity index (χ2v) is 5.61. The van der Waals surface area contributed by atoms with Crippen LogP contribution in [-0.2, 0) is 0 Å². The molecule has 2 aromatic rings. The minimum Gasteiger partial charge on any atom is -0.454 e. The Bertz CT molecular complexity index is 733. The quantitative estimate of drug-likeness (QED) is 0.788. The lowest BCUT2D eigenvalue weighted by Crippen LogP contribution is -2.30. The predicted octanol–water partition coefficient (Wildman–Crippen LogP) is 2.97. The molecule has 0 spiro atoms. The number of para-hydroxylation sites is 1. The number of aliphatic hydroxyl groups is 1. The third kappa shape index (κ3) is 3.78. The summed E-state index contributed by atoms with van der Waals surface area (Å²) < 4.78 is 10.5. The smallest absolute Gasteiger partial charge is 0.319 e. The number of benzene rings is 2. The third-order valence-corrected chi connectivity index (χ3v) is 3.88. The minimum atomic E-state index is -0.682. The molecule has 24 heavy (non-hydrogen) atoms. The number of nitrogens with one attached hydrogen (secondary N) is 2. The van der Waals surface area contributed by atoms with Gasteiger partial charge in [-0.05, 0) is 42.7 Å². The Morgan fingerprint density at radius 1 is 1.21 bits per heavy atom. The monoisotopic (exact) mass is 328 g/mol. The van der Waals surface area contributed by atoms with E-state index in [0.29, 0.717) is 24.5 Å². The summed E-state index contributed by atoms with van der Waals surface area (Å²) in [5.74, 6) is 1.32. The number of aryl methyl sites for hydroxylation is 1. The number of rotatable bonds is 5. The fourth-order valence-electron chi connectivity index (χ4n) is 2.49. The molecule has 1 aliphatic heterocycles. The molecule has 0 saturated heterocycles. The normalized spacial score (nSPS) is 13.4. The van der Waals surface area contributed by atoms with Crippen LogP contribution in [0, 0.1) is 6.92 Å². The standard InChI is InChI=1S/C18H20N2O4/c1-12-4-2-3-5-14(12)20-18(22)19-9-8-15(21)13-6-7-16-17(10-13)24-11-23-16/h2-7,10,15,21H,8-9,11H2,1H3,(H2,19,20,22)/t15-/m0/s1. The molecule has 0 radical (unpaired) electrons. The third-order valence-electron chi connectivity index (χ3n) is 3.88. The van der Waals surface area contributed by atoms with Crippen molar-refractivity contribution in [1.82, 2.24) is 5.32 Å². The fourth-order valence-corrected chi connectivity index (χ4v) is 2.49. The number of urea groups is 1. The van der Waals surface area contributed by atoms with Gasteiger partial charge in [0.1, 0.15) is 0 Å². The Hall–Kier alpha value is -2.73. The van der Waals surface area contributed by atoms with Crippen molar-refractivity contribution in [1.29, 1.82) is 0 Å². The Kier molecular flexibility index (Phi) is 4.86. The molecule has 126 valence electrons. The van der Waals surface area contributed by atoms with Gasteiger partial charge in [0.05, 0.1) is 6.10 Å². The molecule has 6 heteroatoms. The molecule has 1 aliphatic rings. The number of ether oxygens (including phenoxy) is 2. The van der Waals surface area contributed by atoms with Crippen LogP contribution >= 0.6 is 0 Å². The SMILES string of the molecule is Cc1ccccc1NC(=O)NCC[C@H](O)c1ccc2c(c1)OCO2. The Balaban J connectivity index is 1.47. The van der Waals surface area contributed by atoms with Crippen LogP contribution in [0.3, 0.4) is 0 Å². The van der Waals surface area contributed by atoms with Crippen molar-refractivity contribution in [3.8, 4) is 11.5 Å². The van der Waals surface area contributed by atoms with Gasteiger partial charge in [-0.1, -0.05) is 24.3 Å². The zero-order valence-corrected chi connectivity index (χ0v) is 13.4. The summed E-state index contributed by atoms with van der Waals surface area (Å²) in [4.78, 5) is 11.9. The molecule has 2 amide bonds. The van der Waals surface area contributed by atoms with Crippen molar-refractivity contribution < 1.29 is 19.4 Å². The maximum atomic E-state index is 11.9. The van der Waals surface area contributed by atoms with Gasteiger partial charge in [0.25, 0.3) is 0 Å². The van der Waals surface area contributed by atoms with Crippen LogP contribution < -0.4 is 20.1 Å². The fraction of sp³-hybridized carbons (Fsp3) is 0.278. The number of fused-ring (bicyclic) bond motifs is 1. The van der Waals surface area contributed by atoms with Gasteiger partial charge in [0.2, 0.25) is 6.79 Å². The van der Waals surface area contributed by atoms with E-state index in [-0.39, 0.29) is 12.8 Å². The van der Waals surface area contributed by atoms with Gasteiger partial charge < -0.3 is 25.2 Å². The van der Waals surface area contributed by atoms with Crippen LogP contribution in [0.1, 0.15) is 23.7 Å². The van der Waals surface area contributed by atoms with Gasteiger partial charge in [-0.2, -0.15) is 0 Å². The number of carbonyl (C=O) groups is 1. The lowest BCUT2D eigenvalue weighted by atomic mass is 10.1. The van der Waals surface area contributed by atoms with Crippen molar-refractivity contribution >= 4 is 11.7 Å². The molecule has 1 heterocycles. The summed E-state index contributed by atoms with van der Waals surface area (Å²) in [6, 6.07) is 12.6. The molecule has 2 aromatic carbocycles. The number of carbonyl (C=O) groups excluding carboxylic acids is 1. The van der Waals surface area contributed by atoms with Crippen molar-refractivity contribution in [2.75, 3.05) is 18.7 Å². The van der Waals surface area contributed by atoms with E-state index in [1.54, 1.807) is 18.2 Å². The van der Waals surface area contributed by atoms with Gasteiger partial charge in [0.15, 0.2) is 11.5 Å². The first-order valence-corrected chi connectivity index (χ1v) is 7.81. The summed E-state index contributed by atoms with van der Waals surface area (Å²) in [6.07, 6.45) is -0.279. The van der Waals surface area contributed by atoms with Crippen LogP contribution in [0.15, 0.2) is 42.5 Å². The second kappa shape index (κ2) is 7.23. The zero-order valence-electron chi connectivity index (χ0n) is 13.4. The molecule has 0 aromatic heterocycles. The first-order valence-electron chi connectivity index (χ1n) is 7.81. The van der Waals surface area contributed by atoms with Crippen LogP contribution in [-0.4, -0.2) is 24.5 Å². The zero-order chi connectivity index (χ0) is 16.9. The van der Waals surface area contributed by atoms with Crippen molar-refractivity contribution in [3.63, 3.8) is 0 Å². The average molecular weight is 328 g/mol. The van der Waals surface area contributed by atoms with Crippen LogP contribution in [0.25, 0.3) is 0 Å². The Morgan fingerprint density at radius 3 is 2.83 bits per heavy atom. The highest BCUT2D eigenvalue weighted by Crippen LogP contribution is 2.34. The molecule has 3 N–H and O–H groups in total. The molecule has 0 saturated carbocycles. The highest BCUT2D eigenvalue weighted by Gasteiger charge is 2.16. The molecule has 0 fully saturated rings. The average Bonchev–Trinajstić information content (AvgIpc) is 3.04. The van der Waals surface area contributed by atoms with Crippen molar-refractivity contribution in [2.45, 2.75) is 19.4 Å². The van der Waals surface area contributed by atoms with Gasteiger partial charge in [-0.3, -0.25) is 0 Å². The number of hydrogen-bond acceptors (Lipinski definition) is 4. The van der Waals surface area contributed by atoms with Crippen LogP contribution in [0.4, 0.5) is 10.5 Å². The highest BCUT2D eigenvalue weighted by molar-refractivity contribution is 5.89. The number of amides is 2. The molecular formula is C18H20N2O4. The van der Waals surface area contributed by atoms with E-state index in [9.17, 15) is 9.90 Å². The maximum Gasteiger partial charge on any atom is 0.319 e. The second-order valence-electron chi connectivity index (χ2n) is 5.61. The Morgan fingerprint density at radius 2 is 2.00 bits per heavy atom. The number of aliphatic hydroxyl groups excluding tert-OH is 1. The molecule has 6 nitrogen and oxygen atoms in total. The molecule has 3 rings (SSSR count). The first-order chi connectivity index (χ1) is 11.6. The number of anilines is 1. The van der Waals surface area contributed by atoms with E-state index in [0.717, 1.165) is 16.8 Å². The minimum absolute atomic E-state index is 0.204. The largest absolute Gasteiger partial charge is 0.454 e. The molecular weight excluding hydrogens is 308 g/mol. The molecule has 0 unspecified atom stereocenters. The lowest BCUT2D eigenvalue weighted by Gasteiger charge is -2.13. The predicted molar refractivity (Wildman–Crippen MR) is 90.3 cm³/mol. The topological polar surface area (TPSA) is 79.8 Å². The summed E-state index contributed by atoms with van der Waals surface area (Å²) >= 11 is 0. The summed E-state index contributed by atoms with van der Waals surface area (Å²) in [6.45, 7) is 2.49. The molecule has 0 bridgehead atoms. The van der Waals surface area contributed by atoms with Crippen molar-refractivity contribution in [2.24, 2.45) is 0 Å². The summed E-state index contributed by atoms with van der Waals surface area (Å²) in [7, 11) is 0. The van der Waals surface area contributed by atoms with E-state index < -0.39 is 6.10 Å². The van der Waals surface area contributed by atoms with E-state index >= 15 is 0 Å². The summed E-state index contributed by atoms with van der Waals surface area (Å²) in [5.41, 5.74) is 2.50. The van der Waals surface area contributed by atoms with E-state index in [1.807, 2.05) is 31.2 Å². The van der Waals surface area contributed by atoms with E-state index in [2.05, 4.69) is 10.6 Å². The van der Waals surface area contributed by atoms with Gasteiger partial charge >= 0.3 is 6.03 Å². The van der Waals surface area contributed by atoms with Crippen molar-refractivity contribution in [3.05, 3.63) is 53.6 Å².